The van der Waals surface area contributed by atoms with E-state index in [0.717, 1.165) is 5.52 Å². The summed E-state index contributed by atoms with van der Waals surface area (Å²) in [4.78, 5) is 19.8. The largest absolute Gasteiger partial charge is 0.360 e. The van der Waals surface area contributed by atoms with Crippen molar-refractivity contribution in [3.05, 3.63) is 59.5 Å². The second-order valence-electron chi connectivity index (χ2n) is 5.66. The summed E-state index contributed by atoms with van der Waals surface area (Å²) in [7, 11) is 1.70. The summed E-state index contributed by atoms with van der Waals surface area (Å²) in [6, 6.07) is 11.4. The van der Waals surface area contributed by atoms with E-state index in [0.29, 0.717) is 33.5 Å². The Hall–Kier alpha value is -3.66. The smallest absolute Gasteiger partial charge is 0.257 e. The van der Waals surface area contributed by atoms with Crippen LogP contribution in [0.1, 0.15) is 15.9 Å². The number of nitrogens with zero attached hydrogens (tertiary/aromatic N) is 3. The van der Waals surface area contributed by atoms with Crippen molar-refractivity contribution in [1.29, 1.82) is 5.26 Å². The van der Waals surface area contributed by atoms with Crippen molar-refractivity contribution in [2.24, 2.45) is 7.05 Å². The predicted octanol–water partition coefficient (Wildman–Crippen LogP) is 3.32. The Balaban J connectivity index is 1.70. The van der Waals surface area contributed by atoms with E-state index in [1.54, 1.807) is 42.1 Å². The fourth-order valence-corrected chi connectivity index (χ4v) is 2.80. The van der Waals surface area contributed by atoms with Gasteiger partial charge in [-0.05, 0) is 36.4 Å². The molecule has 122 valence electrons. The van der Waals surface area contributed by atoms with Gasteiger partial charge in [0.05, 0.1) is 16.6 Å². The van der Waals surface area contributed by atoms with Crippen molar-refractivity contribution in [3.63, 3.8) is 0 Å². The third-order valence-electron chi connectivity index (χ3n) is 4.13. The molecule has 0 spiro atoms. The SMILES string of the molecule is Cn1c(NC(=O)c2ccc3[nH]cc(C#N)c3c2)nc2ccc(F)cc21. The third-order valence-corrected chi connectivity index (χ3v) is 4.13. The predicted molar refractivity (Wildman–Crippen MR) is 91.6 cm³/mol. The molecule has 0 unspecified atom stereocenters. The standard InChI is InChI=1S/C18H12FN5O/c1-24-16-7-12(19)3-5-15(16)22-18(24)23-17(25)10-2-4-14-13(6-10)11(8-20)9-21-14/h2-7,9,21H,1H3,(H,22,23,25). The average Bonchev–Trinajstić information content (AvgIpc) is 3.16. The summed E-state index contributed by atoms with van der Waals surface area (Å²) in [5.41, 5.74) is 2.84. The Labute approximate surface area is 141 Å². The molecule has 4 aromatic rings. The number of imidazole rings is 1. The Morgan fingerprint density at radius 1 is 1.32 bits per heavy atom. The quantitative estimate of drug-likeness (QED) is 0.590. The molecule has 6 nitrogen and oxygen atoms in total. The molecule has 0 aliphatic carbocycles. The van der Waals surface area contributed by atoms with Crippen LogP contribution in [0.3, 0.4) is 0 Å². The number of hydrogen-bond donors (Lipinski definition) is 2. The van der Waals surface area contributed by atoms with Gasteiger partial charge < -0.3 is 9.55 Å². The maximum Gasteiger partial charge on any atom is 0.257 e. The summed E-state index contributed by atoms with van der Waals surface area (Å²) < 4.78 is 15.0. The van der Waals surface area contributed by atoms with Crippen LogP contribution < -0.4 is 5.32 Å². The van der Waals surface area contributed by atoms with Crippen molar-refractivity contribution >= 4 is 33.8 Å². The van der Waals surface area contributed by atoms with Crippen LogP contribution >= 0.6 is 0 Å². The molecule has 0 aliphatic rings. The lowest BCUT2D eigenvalue weighted by atomic mass is 10.1. The molecule has 2 heterocycles. The molecule has 2 aromatic carbocycles. The molecule has 0 bridgehead atoms. The lowest BCUT2D eigenvalue weighted by molar-refractivity contribution is 0.102. The highest BCUT2D eigenvalue weighted by molar-refractivity contribution is 6.06. The fourth-order valence-electron chi connectivity index (χ4n) is 2.80. The molecule has 0 atom stereocenters. The summed E-state index contributed by atoms with van der Waals surface area (Å²) in [5.74, 6) is -0.401. The van der Waals surface area contributed by atoms with Crippen molar-refractivity contribution in [2.45, 2.75) is 0 Å². The van der Waals surface area contributed by atoms with Crippen LogP contribution in [0.2, 0.25) is 0 Å². The second-order valence-corrected chi connectivity index (χ2v) is 5.66. The average molecular weight is 333 g/mol. The van der Waals surface area contributed by atoms with Crippen LogP contribution in [0.4, 0.5) is 10.3 Å². The van der Waals surface area contributed by atoms with Gasteiger partial charge in [0.15, 0.2) is 0 Å². The van der Waals surface area contributed by atoms with Crippen LogP contribution in [-0.4, -0.2) is 20.4 Å². The minimum absolute atomic E-state index is 0.320. The summed E-state index contributed by atoms with van der Waals surface area (Å²) >= 11 is 0. The number of nitriles is 1. The molecule has 0 aliphatic heterocycles. The van der Waals surface area contributed by atoms with Gasteiger partial charge in [0.2, 0.25) is 5.95 Å². The Kier molecular flexibility index (Phi) is 3.25. The van der Waals surface area contributed by atoms with Crippen LogP contribution in [0, 0.1) is 17.1 Å². The van der Waals surface area contributed by atoms with Gasteiger partial charge in [-0.15, -0.1) is 0 Å². The molecule has 2 N–H and O–H groups in total. The zero-order valence-corrected chi connectivity index (χ0v) is 13.2. The monoisotopic (exact) mass is 333 g/mol. The van der Waals surface area contributed by atoms with E-state index in [1.165, 1.54) is 12.1 Å². The number of aromatic nitrogens is 3. The Bertz CT molecular complexity index is 1180. The van der Waals surface area contributed by atoms with Gasteiger partial charge in [-0.2, -0.15) is 5.26 Å². The molecular weight excluding hydrogens is 321 g/mol. The van der Waals surface area contributed by atoms with Gasteiger partial charge in [0.1, 0.15) is 11.9 Å². The first-order valence-corrected chi connectivity index (χ1v) is 7.51. The van der Waals surface area contributed by atoms with Gasteiger partial charge >= 0.3 is 0 Å². The minimum Gasteiger partial charge on any atom is -0.360 e. The van der Waals surface area contributed by atoms with E-state index in [1.807, 2.05) is 0 Å². The number of anilines is 1. The number of fused-ring (bicyclic) bond motifs is 2. The highest BCUT2D eigenvalue weighted by Crippen LogP contribution is 2.22. The first kappa shape index (κ1) is 14.9. The molecule has 7 heteroatoms. The molecule has 2 aromatic heterocycles. The fraction of sp³-hybridized carbons (Fsp3) is 0.0556. The molecule has 0 fully saturated rings. The van der Waals surface area contributed by atoms with Crippen molar-refractivity contribution in [3.8, 4) is 6.07 Å². The third kappa shape index (κ3) is 2.40. The highest BCUT2D eigenvalue weighted by Gasteiger charge is 2.14. The van der Waals surface area contributed by atoms with Crippen LogP contribution in [-0.2, 0) is 7.05 Å². The van der Waals surface area contributed by atoms with Crippen LogP contribution in [0.25, 0.3) is 21.9 Å². The van der Waals surface area contributed by atoms with Crippen molar-refractivity contribution in [1.82, 2.24) is 14.5 Å². The second kappa shape index (κ2) is 5.46. The Morgan fingerprint density at radius 2 is 2.16 bits per heavy atom. The number of aromatic amines is 1. The number of amides is 1. The number of carbonyl (C=O) groups is 1. The van der Waals surface area contributed by atoms with Crippen molar-refractivity contribution < 1.29 is 9.18 Å². The number of carbonyl (C=O) groups excluding carboxylic acids is 1. The van der Waals surface area contributed by atoms with E-state index in [2.05, 4.69) is 21.4 Å². The highest BCUT2D eigenvalue weighted by atomic mass is 19.1. The van der Waals surface area contributed by atoms with Gasteiger partial charge in [0, 0.05) is 29.7 Å². The molecule has 0 saturated carbocycles. The summed E-state index contributed by atoms with van der Waals surface area (Å²) in [5, 5.41) is 12.5. The number of nitrogens with one attached hydrogen (secondary N) is 2. The summed E-state index contributed by atoms with van der Waals surface area (Å²) in [6.07, 6.45) is 1.60. The van der Waals surface area contributed by atoms with Gasteiger partial charge in [-0.25, -0.2) is 9.37 Å². The van der Waals surface area contributed by atoms with Gasteiger partial charge in [0.25, 0.3) is 5.91 Å². The summed E-state index contributed by atoms with van der Waals surface area (Å²) in [6.45, 7) is 0. The van der Waals surface area contributed by atoms with Crippen LogP contribution in [0.15, 0.2) is 42.6 Å². The number of hydrogen-bond acceptors (Lipinski definition) is 3. The molecule has 0 saturated heterocycles. The van der Waals surface area contributed by atoms with Gasteiger partial charge in [-0.3, -0.25) is 10.1 Å². The zero-order chi connectivity index (χ0) is 17.6. The van der Waals surface area contributed by atoms with E-state index in [4.69, 9.17) is 5.26 Å². The number of benzene rings is 2. The molecule has 4 rings (SSSR count). The molecule has 25 heavy (non-hydrogen) atoms. The number of aryl methyl sites for hydroxylation is 1. The Morgan fingerprint density at radius 3 is 2.96 bits per heavy atom. The van der Waals surface area contributed by atoms with E-state index >= 15 is 0 Å². The first-order valence-electron chi connectivity index (χ1n) is 7.51. The van der Waals surface area contributed by atoms with Crippen molar-refractivity contribution in [2.75, 3.05) is 5.32 Å². The number of halogens is 1. The van der Waals surface area contributed by atoms with E-state index in [9.17, 15) is 9.18 Å². The molecular formula is C18H12FN5O. The normalized spacial score (nSPS) is 10.9. The van der Waals surface area contributed by atoms with E-state index < -0.39 is 0 Å². The minimum atomic E-state index is -0.365. The van der Waals surface area contributed by atoms with E-state index in [-0.39, 0.29) is 11.7 Å². The zero-order valence-electron chi connectivity index (χ0n) is 13.2. The lowest BCUT2D eigenvalue weighted by Crippen LogP contribution is -2.15. The maximum absolute atomic E-state index is 13.4. The number of rotatable bonds is 2. The van der Waals surface area contributed by atoms with Gasteiger partial charge in [-0.1, -0.05) is 0 Å². The lowest BCUT2D eigenvalue weighted by Gasteiger charge is -2.05. The maximum atomic E-state index is 13.4. The number of H-pyrrole nitrogens is 1. The topological polar surface area (TPSA) is 86.5 Å². The van der Waals surface area contributed by atoms with Crippen LogP contribution in [0.5, 0.6) is 0 Å². The molecule has 1 amide bonds. The first-order chi connectivity index (χ1) is 12.1. The molecule has 0 radical (unpaired) electrons.